The highest BCUT2D eigenvalue weighted by atomic mass is 19.4. The van der Waals surface area contributed by atoms with Gasteiger partial charge in [0.15, 0.2) is 0 Å². The summed E-state index contributed by atoms with van der Waals surface area (Å²) in [6.07, 6.45) is -4.79. The van der Waals surface area contributed by atoms with Gasteiger partial charge in [-0.15, -0.1) is 0 Å². The smallest absolute Gasteiger partial charge is 0.365 e. The zero-order valence-electron chi connectivity index (χ0n) is 20.6. The molecular formula is C27H26F4N6O. The average molecular weight is 527 g/mol. The van der Waals surface area contributed by atoms with E-state index >= 15 is 0 Å². The molecule has 38 heavy (non-hydrogen) atoms. The number of aromatic amines is 1. The van der Waals surface area contributed by atoms with Crippen molar-refractivity contribution in [2.75, 3.05) is 36.4 Å². The number of halogens is 4. The average Bonchev–Trinajstić information content (AvgIpc) is 2.88. The van der Waals surface area contributed by atoms with Crippen LogP contribution in [0.15, 0.2) is 59.4 Å². The van der Waals surface area contributed by atoms with Crippen LogP contribution >= 0.6 is 0 Å². The van der Waals surface area contributed by atoms with Crippen molar-refractivity contribution in [1.82, 2.24) is 19.9 Å². The Morgan fingerprint density at radius 3 is 2.45 bits per heavy atom. The number of H-pyrrole nitrogens is 1. The summed E-state index contributed by atoms with van der Waals surface area (Å²) in [4.78, 5) is 28.7. The number of hydrogen-bond acceptors (Lipinski definition) is 6. The topological polar surface area (TPSA) is 77.2 Å². The van der Waals surface area contributed by atoms with Crippen LogP contribution in [0, 0.1) is 12.7 Å². The van der Waals surface area contributed by atoms with Gasteiger partial charge < -0.3 is 15.2 Å². The van der Waals surface area contributed by atoms with E-state index in [1.165, 1.54) is 17.7 Å². The molecule has 0 unspecified atom stereocenters. The Hall–Kier alpha value is -3.99. The molecule has 0 aliphatic carbocycles. The van der Waals surface area contributed by atoms with Crippen LogP contribution in [0.3, 0.4) is 0 Å². The van der Waals surface area contributed by atoms with Crippen molar-refractivity contribution in [3.05, 3.63) is 93.3 Å². The fraction of sp³-hybridized carbons (Fsp3) is 0.296. The first kappa shape index (κ1) is 25.7. The monoisotopic (exact) mass is 526 g/mol. The Balaban J connectivity index is 1.37. The Bertz CT molecular complexity index is 1500. The molecule has 1 aliphatic heterocycles. The molecule has 2 aromatic heterocycles. The van der Waals surface area contributed by atoms with Crippen molar-refractivity contribution in [2.45, 2.75) is 26.2 Å². The number of aryl methyl sites for hydroxylation is 1. The van der Waals surface area contributed by atoms with E-state index in [4.69, 9.17) is 0 Å². The molecule has 1 saturated heterocycles. The third-order valence-electron chi connectivity index (χ3n) is 6.60. The molecule has 0 atom stereocenters. The molecule has 0 amide bonds. The Morgan fingerprint density at radius 1 is 1.00 bits per heavy atom. The summed E-state index contributed by atoms with van der Waals surface area (Å²) in [7, 11) is 0. The Morgan fingerprint density at radius 2 is 1.74 bits per heavy atom. The number of alkyl halides is 3. The highest BCUT2D eigenvalue weighted by Crippen LogP contribution is 2.33. The lowest BCUT2D eigenvalue weighted by Crippen LogP contribution is -2.47. The summed E-state index contributed by atoms with van der Waals surface area (Å²) in [5.41, 5.74) is 0.215. The van der Waals surface area contributed by atoms with Crippen LogP contribution in [0.4, 0.5) is 29.1 Å². The molecule has 198 valence electrons. The van der Waals surface area contributed by atoms with Crippen molar-refractivity contribution in [3.8, 4) is 0 Å². The normalized spacial score (nSPS) is 14.7. The molecule has 0 saturated carbocycles. The number of anilines is 2. The van der Waals surface area contributed by atoms with Gasteiger partial charge in [-0.25, -0.2) is 14.4 Å². The van der Waals surface area contributed by atoms with Crippen molar-refractivity contribution in [3.63, 3.8) is 0 Å². The van der Waals surface area contributed by atoms with E-state index in [9.17, 15) is 22.4 Å². The van der Waals surface area contributed by atoms with Crippen LogP contribution < -0.4 is 15.8 Å². The molecule has 3 heterocycles. The molecule has 0 spiro atoms. The standard InChI is InChI=1S/C27H26F4N6O/c1-17-33-24(32-15-19-8-5-9-21(23(19)28)27(29,30)31)20-14-22(26(38)35-25(20)34-17)37-12-10-36(11-13-37)16-18-6-3-2-4-7-18/h2-9,14H,10-13,15-16H2,1H3,(H2,32,33,34,35,38). The summed E-state index contributed by atoms with van der Waals surface area (Å²) in [6.45, 7) is 5.07. The van der Waals surface area contributed by atoms with Crippen molar-refractivity contribution >= 4 is 22.5 Å². The third-order valence-corrected chi connectivity index (χ3v) is 6.60. The maximum atomic E-state index is 14.5. The van der Waals surface area contributed by atoms with E-state index in [1.54, 1.807) is 13.0 Å². The highest BCUT2D eigenvalue weighted by molar-refractivity contribution is 5.89. The number of hydrogen-bond donors (Lipinski definition) is 2. The SMILES string of the molecule is Cc1nc(NCc2cccc(C(F)(F)F)c2F)c2cc(N3CCN(Cc4ccccc4)CC3)c(=O)[nH]c2n1. The van der Waals surface area contributed by atoms with E-state index < -0.39 is 17.6 Å². The van der Waals surface area contributed by atoms with Crippen LogP contribution in [0.5, 0.6) is 0 Å². The second kappa shape index (κ2) is 10.4. The molecule has 0 bridgehead atoms. The number of benzene rings is 2. The summed E-state index contributed by atoms with van der Waals surface area (Å²) in [6, 6.07) is 15.0. The van der Waals surface area contributed by atoms with E-state index in [0.717, 1.165) is 19.6 Å². The van der Waals surface area contributed by atoms with Gasteiger partial charge in [-0.1, -0.05) is 42.5 Å². The second-order valence-electron chi connectivity index (χ2n) is 9.24. The van der Waals surface area contributed by atoms with Crippen LogP contribution in [-0.2, 0) is 19.3 Å². The van der Waals surface area contributed by atoms with Gasteiger partial charge in [0, 0.05) is 44.8 Å². The second-order valence-corrected chi connectivity index (χ2v) is 9.24. The van der Waals surface area contributed by atoms with Crippen molar-refractivity contribution in [2.24, 2.45) is 0 Å². The summed E-state index contributed by atoms with van der Waals surface area (Å²) < 4.78 is 53.9. The lowest BCUT2D eigenvalue weighted by Gasteiger charge is -2.35. The Kier molecular flexibility index (Phi) is 7.02. The molecule has 2 aromatic carbocycles. The quantitative estimate of drug-likeness (QED) is 0.354. The third kappa shape index (κ3) is 5.47. The van der Waals surface area contributed by atoms with Crippen LogP contribution in [0.2, 0.25) is 0 Å². The fourth-order valence-electron chi connectivity index (χ4n) is 4.66. The van der Waals surface area contributed by atoms with Gasteiger partial charge in [0.1, 0.15) is 28.8 Å². The molecule has 1 aliphatic rings. The molecule has 2 N–H and O–H groups in total. The highest BCUT2D eigenvalue weighted by Gasteiger charge is 2.34. The Labute approximate surface area is 216 Å². The van der Waals surface area contributed by atoms with Gasteiger partial charge in [0.05, 0.1) is 10.9 Å². The number of nitrogens with zero attached hydrogens (tertiary/aromatic N) is 4. The maximum Gasteiger partial charge on any atom is 0.419 e. The maximum absolute atomic E-state index is 14.5. The zero-order valence-corrected chi connectivity index (χ0v) is 20.6. The number of rotatable bonds is 6. The molecule has 5 rings (SSSR count). The minimum Gasteiger partial charge on any atom is -0.365 e. The van der Waals surface area contributed by atoms with Gasteiger partial charge >= 0.3 is 6.18 Å². The van der Waals surface area contributed by atoms with Gasteiger partial charge in [0.25, 0.3) is 5.56 Å². The number of nitrogens with one attached hydrogen (secondary N) is 2. The molecule has 4 aromatic rings. The lowest BCUT2D eigenvalue weighted by atomic mass is 10.1. The van der Waals surface area contributed by atoms with Crippen molar-refractivity contribution in [1.29, 1.82) is 0 Å². The summed E-state index contributed by atoms with van der Waals surface area (Å²) >= 11 is 0. The largest absolute Gasteiger partial charge is 0.419 e. The summed E-state index contributed by atoms with van der Waals surface area (Å²) in [5.74, 6) is -0.683. The van der Waals surface area contributed by atoms with Gasteiger partial charge in [0.2, 0.25) is 0 Å². The van der Waals surface area contributed by atoms with Crippen LogP contribution in [0.1, 0.15) is 22.5 Å². The predicted octanol–water partition coefficient (Wildman–Crippen LogP) is 4.72. The minimum atomic E-state index is -4.79. The molecule has 1 fully saturated rings. The number of piperazine rings is 1. The van der Waals surface area contributed by atoms with Crippen LogP contribution in [0.25, 0.3) is 11.0 Å². The minimum absolute atomic E-state index is 0.150. The fourth-order valence-corrected chi connectivity index (χ4v) is 4.66. The van der Waals surface area contributed by atoms with E-state index in [1.807, 2.05) is 23.1 Å². The molecule has 0 radical (unpaired) electrons. The van der Waals surface area contributed by atoms with Gasteiger partial charge in [-0.3, -0.25) is 9.69 Å². The van der Waals surface area contributed by atoms with E-state index in [-0.39, 0.29) is 17.7 Å². The first-order chi connectivity index (χ1) is 18.2. The number of aromatic nitrogens is 3. The number of pyridine rings is 1. The number of fused-ring (bicyclic) bond motifs is 1. The first-order valence-electron chi connectivity index (χ1n) is 12.2. The van der Waals surface area contributed by atoms with Gasteiger partial charge in [-0.2, -0.15) is 13.2 Å². The van der Waals surface area contributed by atoms with Gasteiger partial charge in [-0.05, 0) is 24.6 Å². The molecule has 7 nitrogen and oxygen atoms in total. The predicted molar refractivity (Wildman–Crippen MR) is 138 cm³/mol. The van der Waals surface area contributed by atoms with E-state index in [0.29, 0.717) is 47.5 Å². The molecular weight excluding hydrogens is 500 g/mol. The summed E-state index contributed by atoms with van der Waals surface area (Å²) in [5, 5.41) is 3.43. The molecule has 11 heteroatoms. The zero-order chi connectivity index (χ0) is 26.9. The van der Waals surface area contributed by atoms with Crippen molar-refractivity contribution < 1.29 is 17.6 Å². The van der Waals surface area contributed by atoms with Crippen LogP contribution in [-0.4, -0.2) is 46.0 Å². The first-order valence-corrected chi connectivity index (χ1v) is 12.2. The van der Waals surface area contributed by atoms with E-state index in [2.05, 4.69) is 37.3 Å². The lowest BCUT2D eigenvalue weighted by molar-refractivity contribution is -0.140.